The summed E-state index contributed by atoms with van der Waals surface area (Å²) in [4.78, 5) is 0. The molecule has 0 aromatic heterocycles. The summed E-state index contributed by atoms with van der Waals surface area (Å²) < 4.78 is 66.5. The van der Waals surface area contributed by atoms with Crippen LogP contribution in [0.4, 0.5) is 17.6 Å². The maximum atomic E-state index is 13.4. The van der Waals surface area contributed by atoms with E-state index in [1.165, 1.54) is 19.2 Å². The highest BCUT2D eigenvalue weighted by Crippen LogP contribution is 2.46. The summed E-state index contributed by atoms with van der Waals surface area (Å²) in [5.41, 5.74) is 0.874. The maximum absolute atomic E-state index is 13.4. The molecule has 0 saturated carbocycles. The lowest BCUT2D eigenvalue weighted by molar-refractivity contribution is 0.0446. The average molecular weight is 494 g/mol. The molecular formula is C20H20BrF4NO4. The smallest absolute Gasteiger partial charge is 0.204 e. The zero-order valence-electron chi connectivity index (χ0n) is 16.0. The Kier molecular flexibility index (Phi) is 7.10. The zero-order chi connectivity index (χ0) is 21.9. The van der Waals surface area contributed by atoms with Crippen molar-refractivity contribution in [2.75, 3.05) is 33.6 Å². The maximum Gasteiger partial charge on any atom is 0.204 e. The number of methoxy groups -OCH3 is 1. The van der Waals surface area contributed by atoms with E-state index in [4.69, 9.17) is 4.74 Å². The highest BCUT2D eigenvalue weighted by atomic mass is 79.9. The van der Waals surface area contributed by atoms with E-state index in [0.29, 0.717) is 12.4 Å². The summed E-state index contributed by atoms with van der Waals surface area (Å²) in [6, 6.07) is 3.61. The largest absolute Gasteiger partial charge is 0.505 e. The number of nitrogens with one attached hydrogen (secondary N) is 1. The van der Waals surface area contributed by atoms with Gasteiger partial charge in [-0.2, -0.15) is 4.39 Å². The molecule has 164 valence electrons. The molecule has 30 heavy (non-hydrogen) atoms. The number of phenolic OH excluding ortho intramolecular Hbond substituents is 1. The van der Waals surface area contributed by atoms with Crippen molar-refractivity contribution in [3.63, 3.8) is 0 Å². The third-order valence-corrected chi connectivity index (χ3v) is 5.66. The van der Waals surface area contributed by atoms with Gasteiger partial charge in [0.2, 0.25) is 5.82 Å². The third kappa shape index (κ3) is 4.50. The lowest BCUT2D eigenvalue weighted by atomic mass is 9.75. The van der Waals surface area contributed by atoms with Crippen molar-refractivity contribution in [2.24, 2.45) is 0 Å². The van der Waals surface area contributed by atoms with Gasteiger partial charge in [-0.15, -0.1) is 0 Å². The molecule has 2 aliphatic heterocycles. The summed E-state index contributed by atoms with van der Waals surface area (Å²) in [7, 11) is 1.28. The Balaban J connectivity index is 0.000000173. The molecule has 5 nitrogen and oxygen atoms in total. The minimum atomic E-state index is -1.38. The van der Waals surface area contributed by atoms with Crippen molar-refractivity contribution in [3.05, 3.63) is 51.5 Å². The number of fused-ring (bicyclic) bond motifs is 2. The first-order chi connectivity index (χ1) is 14.3. The number of benzene rings is 2. The Morgan fingerprint density at radius 3 is 2.47 bits per heavy atom. The van der Waals surface area contributed by atoms with Gasteiger partial charge >= 0.3 is 0 Å². The highest BCUT2D eigenvalue weighted by molar-refractivity contribution is 9.10. The average Bonchev–Trinajstić information content (AvgIpc) is 3.04. The van der Waals surface area contributed by atoms with Crippen molar-refractivity contribution < 1.29 is 36.9 Å². The minimum absolute atomic E-state index is 0.0465. The molecule has 0 unspecified atom stereocenters. The summed E-state index contributed by atoms with van der Waals surface area (Å²) in [6.07, 6.45) is 1.93. The number of rotatable bonds is 3. The molecule has 0 amide bonds. The van der Waals surface area contributed by atoms with E-state index < -0.39 is 29.0 Å². The van der Waals surface area contributed by atoms with Crippen molar-refractivity contribution in [1.29, 1.82) is 0 Å². The fraction of sp³-hybridized carbons (Fsp3) is 0.400. The second-order valence-corrected chi connectivity index (χ2v) is 7.82. The molecule has 2 aliphatic rings. The molecule has 2 aromatic rings. The molecule has 1 fully saturated rings. The second kappa shape index (κ2) is 9.40. The summed E-state index contributed by atoms with van der Waals surface area (Å²) in [5.74, 6) is -4.60. The predicted molar refractivity (Wildman–Crippen MR) is 104 cm³/mol. The van der Waals surface area contributed by atoms with Crippen LogP contribution in [0.15, 0.2) is 22.7 Å². The van der Waals surface area contributed by atoms with Gasteiger partial charge < -0.3 is 24.6 Å². The van der Waals surface area contributed by atoms with E-state index in [-0.39, 0.29) is 22.4 Å². The zero-order valence-corrected chi connectivity index (χ0v) is 17.6. The second-order valence-electron chi connectivity index (χ2n) is 6.97. The quantitative estimate of drug-likeness (QED) is 0.287. The first-order valence-electron chi connectivity index (χ1n) is 9.10. The van der Waals surface area contributed by atoms with E-state index in [1.54, 1.807) is 0 Å². The van der Waals surface area contributed by atoms with Crippen LogP contribution in [-0.2, 0) is 10.2 Å². The SMILES string of the molecule is COCOc1c(F)cc(Br)c(F)c1F.Oc1cc2c(cc1F)C1(CCNCC1)CO2. The number of piperidine rings is 1. The number of phenols is 1. The predicted octanol–water partition coefficient (Wildman–Crippen LogP) is 4.39. The van der Waals surface area contributed by atoms with Crippen molar-refractivity contribution >= 4 is 15.9 Å². The van der Waals surface area contributed by atoms with Gasteiger partial charge in [-0.1, -0.05) is 0 Å². The van der Waals surface area contributed by atoms with Crippen molar-refractivity contribution in [1.82, 2.24) is 5.32 Å². The molecule has 4 rings (SSSR count). The van der Waals surface area contributed by atoms with E-state index in [2.05, 4.69) is 30.7 Å². The fourth-order valence-corrected chi connectivity index (χ4v) is 3.86. The van der Waals surface area contributed by atoms with Gasteiger partial charge in [0.15, 0.2) is 35.7 Å². The third-order valence-electron chi connectivity index (χ3n) is 5.08. The topological polar surface area (TPSA) is 60.0 Å². The van der Waals surface area contributed by atoms with Crippen LogP contribution in [0.5, 0.6) is 17.2 Å². The Hall–Kier alpha value is -2.04. The van der Waals surface area contributed by atoms with Crippen molar-refractivity contribution in [3.8, 4) is 17.2 Å². The molecule has 0 aliphatic carbocycles. The van der Waals surface area contributed by atoms with Crippen LogP contribution in [0.1, 0.15) is 18.4 Å². The molecule has 2 aromatic carbocycles. The summed E-state index contributed by atoms with van der Waals surface area (Å²) in [5, 5.41) is 12.6. The molecule has 1 spiro atoms. The number of hydrogen-bond acceptors (Lipinski definition) is 5. The van der Waals surface area contributed by atoms with Gasteiger partial charge in [-0.3, -0.25) is 0 Å². The lowest BCUT2D eigenvalue weighted by Gasteiger charge is -2.32. The Morgan fingerprint density at radius 2 is 1.80 bits per heavy atom. The molecule has 1 saturated heterocycles. The van der Waals surface area contributed by atoms with E-state index in [1.807, 2.05) is 0 Å². The van der Waals surface area contributed by atoms with E-state index in [9.17, 15) is 22.7 Å². The standard InChI is InChI=1S/C12H14FNO2.C8H6BrF3O2/c13-9-5-8-11(6-10(9)15)16-7-12(8)1-3-14-4-2-12;1-13-3-14-8-5(10)2-4(9)6(11)7(8)12/h5-6,14-15H,1-4,7H2;2H,3H2,1H3. The Bertz CT molecular complexity index is 922. The molecule has 10 heteroatoms. The lowest BCUT2D eigenvalue weighted by Crippen LogP contribution is -2.41. The molecular weight excluding hydrogens is 474 g/mol. The van der Waals surface area contributed by atoms with Crippen molar-refractivity contribution in [2.45, 2.75) is 18.3 Å². The summed E-state index contributed by atoms with van der Waals surface area (Å²) >= 11 is 2.66. The van der Waals surface area contributed by atoms with Gasteiger partial charge in [0.1, 0.15) is 5.75 Å². The van der Waals surface area contributed by atoms with Crippen LogP contribution in [0.3, 0.4) is 0 Å². The first kappa shape index (κ1) is 22.6. The van der Waals surface area contributed by atoms with Crippen LogP contribution in [0, 0.1) is 23.3 Å². The van der Waals surface area contributed by atoms with E-state index >= 15 is 0 Å². The van der Waals surface area contributed by atoms with Gasteiger partial charge in [0.25, 0.3) is 0 Å². The molecule has 2 heterocycles. The van der Waals surface area contributed by atoms with Crippen LogP contribution in [-0.4, -0.2) is 38.7 Å². The van der Waals surface area contributed by atoms with E-state index in [0.717, 1.165) is 37.6 Å². The highest BCUT2D eigenvalue weighted by Gasteiger charge is 2.42. The van der Waals surface area contributed by atoms with Gasteiger partial charge in [0.05, 0.1) is 11.1 Å². The molecule has 0 bridgehead atoms. The van der Waals surface area contributed by atoms with Crippen LogP contribution in [0.25, 0.3) is 0 Å². The Morgan fingerprint density at radius 1 is 1.10 bits per heavy atom. The normalized spacial score (nSPS) is 16.5. The van der Waals surface area contributed by atoms with Gasteiger partial charge in [-0.05, 0) is 54.0 Å². The van der Waals surface area contributed by atoms with Crippen LogP contribution < -0.4 is 14.8 Å². The number of halogens is 5. The first-order valence-corrected chi connectivity index (χ1v) is 9.89. The van der Waals surface area contributed by atoms with Crippen LogP contribution in [0.2, 0.25) is 0 Å². The number of aromatic hydroxyl groups is 1. The molecule has 2 N–H and O–H groups in total. The Labute approximate surface area is 179 Å². The van der Waals surface area contributed by atoms with Gasteiger partial charge in [0, 0.05) is 24.2 Å². The fourth-order valence-electron chi connectivity index (χ4n) is 3.49. The molecule has 0 atom stereocenters. The number of hydrogen-bond donors (Lipinski definition) is 2. The monoisotopic (exact) mass is 493 g/mol. The van der Waals surface area contributed by atoms with Crippen LogP contribution >= 0.6 is 15.9 Å². The summed E-state index contributed by atoms with van der Waals surface area (Å²) in [6.45, 7) is 2.12. The number of ether oxygens (including phenoxy) is 3. The van der Waals surface area contributed by atoms with Gasteiger partial charge in [-0.25, -0.2) is 13.2 Å². The minimum Gasteiger partial charge on any atom is -0.505 e. The molecule has 0 radical (unpaired) electrons.